The molecule has 2 rings (SSSR count). The van der Waals surface area contributed by atoms with Gasteiger partial charge in [0.1, 0.15) is 5.76 Å². The van der Waals surface area contributed by atoms with Crippen molar-refractivity contribution in [2.24, 2.45) is 0 Å². The van der Waals surface area contributed by atoms with E-state index < -0.39 is 18.5 Å². The summed E-state index contributed by atoms with van der Waals surface area (Å²) in [6, 6.07) is 7.80. The van der Waals surface area contributed by atoms with Gasteiger partial charge in [0.05, 0.1) is 11.6 Å². The Kier molecular flexibility index (Phi) is 7.27. The molecule has 0 unspecified atom stereocenters. The van der Waals surface area contributed by atoms with E-state index in [-0.39, 0.29) is 24.3 Å². The van der Waals surface area contributed by atoms with Crippen LogP contribution < -0.4 is 10.6 Å². The quantitative estimate of drug-likeness (QED) is 0.680. The highest BCUT2D eigenvalue weighted by Crippen LogP contribution is 2.31. The molecule has 0 aliphatic carbocycles. The van der Waals surface area contributed by atoms with E-state index in [0.717, 1.165) is 0 Å². The second kappa shape index (κ2) is 9.43. The van der Waals surface area contributed by atoms with Crippen LogP contribution >= 0.6 is 23.2 Å². The van der Waals surface area contributed by atoms with Crippen LogP contribution in [0.1, 0.15) is 24.4 Å². The van der Waals surface area contributed by atoms with Gasteiger partial charge >= 0.3 is 5.97 Å². The lowest BCUT2D eigenvalue weighted by Gasteiger charge is -2.09. The highest BCUT2D eigenvalue weighted by Gasteiger charge is 2.17. The lowest BCUT2D eigenvalue weighted by Crippen LogP contribution is -2.41. The first-order valence-corrected chi connectivity index (χ1v) is 8.80. The fourth-order valence-corrected chi connectivity index (χ4v) is 2.59. The normalized spacial score (nSPS) is 10.6. The third-order valence-electron chi connectivity index (χ3n) is 3.23. The van der Waals surface area contributed by atoms with Crippen molar-refractivity contribution < 1.29 is 23.5 Å². The van der Waals surface area contributed by atoms with E-state index >= 15 is 0 Å². The van der Waals surface area contributed by atoms with Gasteiger partial charge in [-0.1, -0.05) is 23.2 Å². The van der Waals surface area contributed by atoms with E-state index in [1.165, 1.54) is 6.07 Å². The zero-order chi connectivity index (χ0) is 20.0. The van der Waals surface area contributed by atoms with E-state index in [0.29, 0.717) is 21.4 Å². The maximum atomic E-state index is 12.0. The summed E-state index contributed by atoms with van der Waals surface area (Å²) < 4.78 is 10.3. The van der Waals surface area contributed by atoms with Crippen molar-refractivity contribution in [1.82, 2.24) is 10.6 Å². The minimum Gasteiger partial charge on any atom is -0.450 e. The van der Waals surface area contributed by atoms with Crippen molar-refractivity contribution >= 4 is 41.0 Å². The van der Waals surface area contributed by atoms with Crippen molar-refractivity contribution in [2.75, 3.05) is 13.2 Å². The summed E-state index contributed by atoms with van der Waals surface area (Å²) in [6.07, 6.45) is 0. The van der Waals surface area contributed by atoms with Crippen LogP contribution in [-0.4, -0.2) is 37.0 Å². The molecule has 1 aromatic heterocycles. The molecule has 0 bridgehead atoms. The third kappa shape index (κ3) is 6.30. The Bertz CT molecular complexity index is 848. The van der Waals surface area contributed by atoms with Crippen molar-refractivity contribution in [2.45, 2.75) is 19.9 Å². The van der Waals surface area contributed by atoms with E-state index in [1.54, 1.807) is 38.1 Å². The summed E-state index contributed by atoms with van der Waals surface area (Å²) in [5.41, 5.74) is 0.564. The van der Waals surface area contributed by atoms with Gasteiger partial charge < -0.3 is 19.8 Å². The van der Waals surface area contributed by atoms with Gasteiger partial charge in [0, 0.05) is 16.6 Å². The largest absolute Gasteiger partial charge is 0.450 e. The molecule has 2 amide bonds. The van der Waals surface area contributed by atoms with Crippen molar-refractivity contribution in [1.29, 1.82) is 0 Å². The van der Waals surface area contributed by atoms with Crippen LogP contribution in [0.3, 0.4) is 0 Å². The standard InChI is InChI=1S/C18H18Cl2N2O5/c1-10(2)22-16(23)8-21-17(24)9-26-18(25)15-6-5-14(27-15)12-4-3-11(19)7-13(12)20/h3-7,10H,8-9H2,1-2H3,(H,21,24)(H,22,23). The number of rotatable bonds is 7. The number of amides is 2. The molecule has 0 atom stereocenters. The van der Waals surface area contributed by atoms with Crippen LogP contribution in [0.15, 0.2) is 34.7 Å². The zero-order valence-electron chi connectivity index (χ0n) is 14.7. The molecule has 0 radical (unpaired) electrons. The maximum Gasteiger partial charge on any atom is 0.374 e. The monoisotopic (exact) mass is 412 g/mol. The number of nitrogens with one attached hydrogen (secondary N) is 2. The van der Waals surface area contributed by atoms with Gasteiger partial charge in [0.2, 0.25) is 11.7 Å². The van der Waals surface area contributed by atoms with Crippen LogP contribution in [0.5, 0.6) is 0 Å². The molecule has 144 valence electrons. The van der Waals surface area contributed by atoms with Gasteiger partial charge in [-0.05, 0) is 44.2 Å². The molecular weight excluding hydrogens is 395 g/mol. The Morgan fingerprint density at radius 1 is 1.11 bits per heavy atom. The fraction of sp³-hybridized carbons (Fsp3) is 0.278. The molecule has 7 nitrogen and oxygen atoms in total. The molecule has 0 fully saturated rings. The third-order valence-corrected chi connectivity index (χ3v) is 3.78. The Labute approximate surface area is 166 Å². The Hall–Kier alpha value is -2.51. The number of halogens is 2. The molecule has 0 aliphatic rings. The molecule has 0 saturated heterocycles. The number of carbonyl (C=O) groups excluding carboxylic acids is 3. The van der Waals surface area contributed by atoms with Gasteiger partial charge in [-0.15, -0.1) is 0 Å². The maximum absolute atomic E-state index is 12.0. The van der Waals surface area contributed by atoms with Gasteiger partial charge in [-0.3, -0.25) is 9.59 Å². The lowest BCUT2D eigenvalue weighted by molar-refractivity contribution is -0.128. The molecule has 0 spiro atoms. The van der Waals surface area contributed by atoms with Gasteiger partial charge in [0.15, 0.2) is 6.61 Å². The van der Waals surface area contributed by atoms with Crippen LogP contribution in [-0.2, 0) is 14.3 Å². The average Bonchev–Trinajstić information content (AvgIpc) is 3.07. The predicted molar refractivity (Wildman–Crippen MR) is 101 cm³/mol. The van der Waals surface area contributed by atoms with Crippen LogP contribution in [0.2, 0.25) is 10.0 Å². The smallest absolute Gasteiger partial charge is 0.374 e. The average molecular weight is 413 g/mol. The number of esters is 1. The van der Waals surface area contributed by atoms with Gasteiger partial charge in [0.25, 0.3) is 5.91 Å². The molecule has 9 heteroatoms. The van der Waals surface area contributed by atoms with Crippen LogP contribution in [0.25, 0.3) is 11.3 Å². The first-order chi connectivity index (χ1) is 12.8. The van der Waals surface area contributed by atoms with Crippen molar-refractivity contribution in [3.8, 4) is 11.3 Å². The topological polar surface area (TPSA) is 97.6 Å². The van der Waals surface area contributed by atoms with E-state index in [4.69, 9.17) is 32.4 Å². The van der Waals surface area contributed by atoms with Crippen molar-refractivity contribution in [3.05, 3.63) is 46.1 Å². The summed E-state index contributed by atoms with van der Waals surface area (Å²) in [7, 11) is 0. The first-order valence-electron chi connectivity index (χ1n) is 8.04. The number of furan rings is 1. The summed E-state index contributed by atoms with van der Waals surface area (Å²) in [5.74, 6) is -1.47. The van der Waals surface area contributed by atoms with E-state index in [9.17, 15) is 14.4 Å². The number of carbonyl (C=O) groups is 3. The first kappa shape index (κ1) is 20.8. The number of benzene rings is 1. The second-order valence-corrected chi connectivity index (χ2v) is 6.71. The molecular formula is C18H18Cl2N2O5. The Balaban J connectivity index is 1.87. The molecule has 0 saturated carbocycles. The molecule has 0 aliphatic heterocycles. The summed E-state index contributed by atoms with van der Waals surface area (Å²) in [6.45, 7) is 2.87. The number of hydrogen-bond donors (Lipinski definition) is 2. The minimum absolute atomic E-state index is 0.0329. The second-order valence-electron chi connectivity index (χ2n) is 5.86. The summed E-state index contributed by atoms with van der Waals surface area (Å²) in [5, 5.41) is 5.82. The fourth-order valence-electron chi connectivity index (χ4n) is 2.09. The van der Waals surface area contributed by atoms with Crippen LogP contribution in [0, 0.1) is 0 Å². The Morgan fingerprint density at radius 3 is 2.52 bits per heavy atom. The predicted octanol–water partition coefficient (Wildman–Crippen LogP) is 3.05. The SMILES string of the molecule is CC(C)NC(=O)CNC(=O)COC(=O)c1ccc(-c2ccc(Cl)cc2Cl)o1. The van der Waals surface area contributed by atoms with Gasteiger partial charge in [-0.2, -0.15) is 0 Å². The summed E-state index contributed by atoms with van der Waals surface area (Å²) >= 11 is 11.9. The van der Waals surface area contributed by atoms with Crippen LogP contribution in [0.4, 0.5) is 0 Å². The number of hydrogen-bond acceptors (Lipinski definition) is 5. The highest BCUT2D eigenvalue weighted by atomic mass is 35.5. The molecule has 1 aromatic carbocycles. The summed E-state index contributed by atoms with van der Waals surface area (Å²) in [4.78, 5) is 35.1. The Morgan fingerprint density at radius 2 is 1.85 bits per heavy atom. The lowest BCUT2D eigenvalue weighted by atomic mass is 10.2. The zero-order valence-corrected chi connectivity index (χ0v) is 16.2. The van der Waals surface area contributed by atoms with E-state index in [2.05, 4.69) is 10.6 Å². The van der Waals surface area contributed by atoms with Crippen molar-refractivity contribution in [3.63, 3.8) is 0 Å². The molecule has 2 aromatic rings. The minimum atomic E-state index is -0.812. The number of ether oxygens (including phenoxy) is 1. The molecule has 2 N–H and O–H groups in total. The molecule has 27 heavy (non-hydrogen) atoms. The highest BCUT2D eigenvalue weighted by molar-refractivity contribution is 6.36. The van der Waals surface area contributed by atoms with Gasteiger partial charge in [-0.25, -0.2) is 4.79 Å². The van der Waals surface area contributed by atoms with E-state index in [1.807, 2.05) is 0 Å². The molecule has 1 heterocycles.